The van der Waals surface area contributed by atoms with Crippen molar-refractivity contribution in [3.63, 3.8) is 0 Å². The van der Waals surface area contributed by atoms with E-state index in [2.05, 4.69) is 30.5 Å². The minimum atomic E-state index is 0.279. The van der Waals surface area contributed by atoms with Crippen molar-refractivity contribution in [1.29, 1.82) is 0 Å². The van der Waals surface area contributed by atoms with Crippen molar-refractivity contribution >= 4 is 11.8 Å². The van der Waals surface area contributed by atoms with Crippen LogP contribution in [0.5, 0.6) is 0 Å². The van der Waals surface area contributed by atoms with Crippen molar-refractivity contribution in [2.24, 2.45) is 5.73 Å². The van der Waals surface area contributed by atoms with Gasteiger partial charge in [-0.05, 0) is 26.2 Å². The summed E-state index contributed by atoms with van der Waals surface area (Å²) in [7, 11) is 0. The maximum absolute atomic E-state index is 6.07. The standard InChI is InChI=1S/C13H26N2OS/c1-3-16-12-4-6-15(7-5-12)13(9-14)8-11(2)17-10-13/h11-12H,3-10,14H2,1-2H3. The van der Waals surface area contributed by atoms with Crippen LogP contribution in [0.25, 0.3) is 0 Å². The average molecular weight is 258 g/mol. The van der Waals surface area contributed by atoms with Crippen LogP contribution in [0.4, 0.5) is 0 Å². The van der Waals surface area contributed by atoms with E-state index in [1.54, 1.807) is 0 Å². The van der Waals surface area contributed by atoms with Gasteiger partial charge in [0.25, 0.3) is 0 Å². The predicted octanol–water partition coefficient (Wildman–Crippen LogP) is 1.71. The van der Waals surface area contributed by atoms with Crippen molar-refractivity contribution in [3.05, 3.63) is 0 Å². The van der Waals surface area contributed by atoms with E-state index in [0.29, 0.717) is 6.10 Å². The zero-order valence-corrected chi connectivity index (χ0v) is 12.0. The molecule has 2 rings (SSSR count). The first-order chi connectivity index (χ1) is 8.20. The van der Waals surface area contributed by atoms with Gasteiger partial charge in [-0.1, -0.05) is 6.92 Å². The van der Waals surface area contributed by atoms with Crippen molar-refractivity contribution in [2.75, 3.05) is 32.0 Å². The number of nitrogens with two attached hydrogens (primary N) is 1. The third-order valence-electron chi connectivity index (χ3n) is 4.20. The zero-order chi connectivity index (χ0) is 12.3. The number of nitrogens with zero attached hydrogens (tertiary/aromatic N) is 1. The van der Waals surface area contributed by atoms with Gasteiger partial charge in [-0.15, -0.1) is 0 Å². The molecule has 2 atom stereocenters. The highest BCUT2D eigenvalue weighted by Gasteiger charge is 2.42. The smallest absolute Gasteiger partial charge is 0.0599 e. The Hall–Kier alpha value is 0.230. The molecule has 2 fully saturated rings. The van der Waals surface area contributed by atoms with Crippen LogP contribution in [-0.2, 0) is 4.74 Å². The van der Waals surface area contributed by atoms with Gasteiger partial charge in [0.2, 0.25) is 0 Å². The summed E-state index contributed by atoms with van der Waals surface area (Å²) in [5, 5.41) is 0.767. The summed E-state index contributed by atoms with van der Waals surface area (Å²) in [6, 6.07) is 0. The Kier molecular flexibility index (Phi) is 4.75. The molecule has 2 aliphatic rings. The van der Waals surface area contributed by atoms with E-state index in [0.717, 1.165) is 31.5 Å². The van der Waals surface area contributed by atoms with Gasteiger partial charge in [-0.25, -0.2) is 0 Å². The average Bonchev–Trinajstić information content (AvgIpc) is 2.74. The Balaban J connectivity index is 1.90. The molecule has 2 saturated heterocycles. The van der Waals surface area contributed by atoms with Crippen LogP contribution in [-0.4, -0.2) is 53.8 Å². The number of ether oxygens (including phenoxy) is 1. The number of thioether (sulfide) groups is 1. The lowest BCUT2D eigenvalue weighted by Crippen LogP contribution is -2.57. The molecule has 17 heavy (non-hydrogen) atoms. The highest BCUT2D eigenvalue weighted by Crippen LogP contribution is 2.39. The summed E-state index contributed by atoms with van der Waals surface area (Å²) >= 11 is 2.08. The monoisotopic (exact) mass is 258 g/mol. The summed E-state index contributed by atoms with van der Waals surface area (Å²) in [5.41, 5.74) is 6.35. The number of hydrogen-bond donors (Lipinski definition) is 1. The van der Waals surface area contributed by atoms with Gasteiger partial charge in [0.1, 0.15) is 0 Å². The molecule has 2 unspecified atom stereocenters. The van der Waals surface area contributed by atoms with Crippen molar-refractivity contribution in [2.45, 2.75) is 50.0 Å². The number of piperidine rings is 1. The quantitative estimate of drug-likeness (QED) is 0.833. The van der Waals surface area contributed by atoms with Crippen LogP contribution in [0.15, 0.2) is 0 Å². The third kappa shape index (κ3) is 2.98. The molecule has 0 bridgehead atoms. The molecule has 3 nitrogen and oxygen atoms in total. The normalized spacial score (nSPS) is 36.5. The second-order valence-corrected chi connectivity index (χ2v) is 6.82. The topological polar surface area (TPSA) is 38.5 Å². The largest absolute Gasteiger partial charge is 0.378 e. The summed E-state index contributed by atoms with van der Waals surface area (Å²) in [6.07, 6.45) is 4.09. The molecule has 0 aromatic carbocycles. The number of rotatable bonds is 4. The number of likely N-dealkylation sites (tertiary alicyclic amines) is 1. The molecule has 0 aliphatic carbocycles. The van der Waals surface area contributed by atoms with E-state index in [1.165, 1.54) is 25.0 Å². The molecule has 0 radical (unpaired) electrons. The van der Waals surface area contributed by atoms with E-state index in [4.69, 9.17) is 10.5 Å². The predicted molar refractivity (Wildman–Crippen MR) is 74.5 cm³/mol. The Morgan fingerprint density at radius 3 is 2.59 bits per heavy atom. The van der Waals surface area contributed by atoms with Crippen molar-refractivity contribution in [1.82, 2.24) is 4.90 Å². The van der Waals surface area contributed by atoms with Gasteiger partial charge < -0.3 is 10.5 Å². The molecular weight excluding hydrogens is 232 g/mol. The summed E-state index contributed by atoms with van der Waals surface area (Å²) in [5.74, 6) is 1.21. The zero-order valence-electron chi connectivity index (χ0n) is 11.2. The van der Waals surface area contributed by atoms with E-state index in [9.17, 15) is 0 Å². The van der Waals surface area contributed by atoms with E-state index in [-0.39, 0.29) is 5.54 Å². The lowest BCUT2D eigenvalue weighted by molar-refractivity contribution is -0.0129. The molecular formula is C13H26N2OS. The third-order valence-corrected chi connectivity index (χ3v) is 5.64. The van der Waals surface area contributed by atoms with E-state index >= 15 is 0 Å². The molecule has 100 valence electrons. The van der Waals surface area contributed by atoms with Gasteiger partial charge in [0.05, 0.1) is 6.10 Å². The summed E-state index contributed by atoms with van der Waals surface area (Å²) in [6.45, 7) is 8.39. The first kappa shape index (κ1) is 13.7. The molecule has 0 aromatic heterocycles. The second kappa shape index (κ2) is 5.91. The van der Waals surface area contributed by atoms with E-state index < -0.39 is 0 Å². The molecule has 2 heterocycles. The number of hydrogen-bond acceptors (Lipinski definition) is 4. The van der Waals surface area contributed by atoms with Crippen molar-refractivity contribution < 1.29 is 4.74 Å². The fourth-order valence-corrected chi connectivity index (χ4v) is 4.62. The summed E-state index contributed by atoms with van der Waals surface area (Å²) in [4.78, 5) is 2.64. The van der Waals surface area contributed by atoms with Gasteiger partial charge >= 0.3 is 0 Å². The highest BCUT2D eigenvalue weighted by molar-refractivity contribution is 8.00. The Labute approximate surface area is 109 Å². The van der Waals surface area contributed by atoms with Crippen LogP contribution in [0, 0.1) is 0 Å². The Morgan fingerprint density at radius 1 is 1.41 bits per heavy atom. The first-order valence-corrected chi connectivity index (χ1v) is 7.93. The van der Waals surface area contributed by atoms with Crippen LogP contribution in [0.3, 0.4) is 0 Å². The van der Waals surface area contributed by atoms with Crippen molar-refractivity contribution in [3.8, 4) is 0 Å². The maximum Gasteiger partial charge on any atom is 0.0599 e. The fraction of sp³-hybridized carbons (Fsp3) is 1.00. The molecule has 2 aliphatic heterocycles. The molecule has 2 N–H and O–H groups in total. The fourth-order valence-electron chi connectivity index (χ4n) is 3.17. The maximum atomic E-state index is 6.07. The van der Waals surface area contributed by atoms with Crippen LogP contribution >= 0.6 is 11.8 Å². The minimum Gasteiger partial charge on any atom is -0.378 e. The lowest BCUT2D eigenvalue weighted by Gasteiger charge is -2.44. The Morgan fingerprint density at radius 2 is 2.12 bits per heavy atom. The summed E-state index contributed by atoms with van der Waals surface area (Å²) < 4.78 is 5.72. The SMILES string of the molecule is CCOC1CCN(C2(CN)CSC(C)C2)CC1. The lowest BCUT2D eigenvalue weighted by atomic mass is 9.91. The van der Waals surface area contributed by atoms with Crippen LogP contribution in [0.1, 0.15) is 33.1 Å². The van der Waals surface area contributed by atoms with E-state index in [1.807, 2.05) is 0 Å². The molecule has 4 heteroatoms. The van der Waals surface area contributed by atoms with Crippen LogP contribution < -0.4 is 5.73 Å². The molecule has 0 spiro atoms. The molecule has 0 amide bonds. The first-order valence-electron chi connectivity index (χ1n) is 6.88. The van der Waals surface area contributed by atoms with Gasteiger partial charge in [0, 0.05) is 42.8 Å². The van der Waals surface area contributed by atoms with Gasteiger partial charge in [0.15, 0.2) is 0 Å². The van der Waals surface area contributed by atoms with Gasteiger partial charge in [-0.3, -0.25) is 4.90 Å². The van der Waals surface area contributed by atoms with Crippen LogP contribution in [0.2, 0.25) is 0 Å². The Bertz CT molecular complexity index is 244. The highest BCUT2D eigenvalue weighted by atomic mass is 32.2. The molecule has 0 saturated carbocycles. The minimum absolute atomic E-state index is 0.279. The van der Waals surface area contributed by atoms with Gasteiger partial charge in [-0.2, -0.15) is 11.8 Å². The molecule has 0 aromatic rings. The second-order valence-electron chi connectivity index (χ2n) is 5.40.